The van der Waals surface area contributed by atoms with Gasteiger partial charge in [0.15, 0.2) is 0 Å². The van der Waals surface area contributed by atoms with Crippen LogP contribution in [0.15, 0.2) is 51.4 Å². The van der Waals surface area contributed by atoms with Gasteiger partial charge in [-0.3, -0.25) is 4.79 Å². The maximum atomic E-state index is 12.3. The van der Waals surface area contributed by atoms with E-state index in [9.17, 15) is 4.79 Å². The Labute approximate surface area is 131 Å². The van der Waals surface area contributed by atoms with E-state index in [1.54, 1.807) is 13.0 Å². The molecule has 0 radical (unpaired) electrons. The van der Waals surface area contributed by atoms with Crippen molar-refractivity contribution < 1.29 is 9.21 Å². The van der Waals surface area contributed by atoms with Gasteiger partial charge in [-0.2, -0.15) is 0 Å². The lowest BCUT2D eigenvalue weighted by atomic mass is 10.1. The van der Waals surface area contributed by atoms with Crippen LogP contribution < -0.4 is 5.32 Å². The van der Waals surface area contributed by atoms with E-state index in [0.717, 1.165) is 26.7 Å². The molecule has 0 aliphatic heterocycles. The van der Waals surface area contributed by atoms with Crippen LogP contribution in [-0.4, -0.2) is 5.91 Å². The average Bonchev–Trinajstić information content (AvgIpc) is 2.78. The SMILES string of the molecule is Cc1cc(C(=O)Nc2ccc3cc(Br)ccc3c2)c(C)o1. The lowest BCUT2D eigenvalue weighted by Gasteiger charge is -2.06. The number of anilines is 1. The Hall–Kier alpha value is -2.07. The Morgan fingerprint density at radius 2 is 1.76 bits per heavy atom. The smallest absolute Gasteiger partial charge is 0.259 e. The molecule has 1 N–H and O–H groups in total. The second-order valence-electron chi connectivity index (χ2n) is 4.99. The van der Waals surface area contributed by atoms with Crippen LogP contribution in [0.2, 0.25) is 0 Å². The first-order valence-electron chi connectivity index (χ1n) is 6.60. The number of fused-ring (bicyclic) bond motifs is 1. The number of hydrogen-bond acceptors (Lipinski definition) is 2. The van der Waals surface area contributed by atoms with Crippen LogP contribution in [0.1, 0.15) is 21.9 Å². The van der Waals surface area contributed by atoms with Gasteiger partial charge in [0.1, 0.15) is 11.5 Å². The predicted octanol–water partition coefficient (Wildman–Crippen LogP) is 5.06. The fourth-order valence-electron chi connectivity index (χ4n) is 2.35. The molecule has 0 aliphatic carbocycles. The van der Waals surface area contributed by atoms with Crippen molar-refractivity contribution in [2.45, 2.75) is 13.8 Å². The molecule has 0 atom stereocenters. The van der Waals surface area contributed by atoms with Gasteiger partial charge in [-0.15, -0.1) is 0 Å². The Kier molecular flexibility index (Phi) is 3.55. The van der Waals surface area contributed by atoms with Crippen molar-refractivity contribution in [3.63, 3.8) is 0 Å². The molecule has 3 aromatic rings. The maximum Gasteiger partial charge on any atom is 0.259 e. The van der Waals surface area contributed by atoms with Crippen molar-refractivity contribution in [2.75, 3.05) is 5.32 Å². The molecule has 3 rings (SSSR count). The van der Waals surface area contributed by atoms with E-state index >= 15 is 0 Å². The standard InChI is InChI=1S/C17H14BrNO2/c1-10-7-16(11(2)21-10)17(20)19-15-6-4-12-8-14(18)5-3-13(12)9-15/h3-9H,1-2H3,(H,19,20). The highest BCUT2D eigenvalue weighted by Gasteiger charge is 2.13. The average molecular weight is 344 g/mol. The first kappa shape index (κ1) is 13.9. The van der Waals surface area contributed by atoms with E-state index in [1.165, 1.54) is 0 Å². The van der Waals surface area contributed by atoms with Gasteiger partial charge in [0.05, 0.1) is 5.56 Å². The molecule has 1 amide bonds. The van der Waals surface area contributed by atoms with Crippen LogP contribution in [-0.2, 0) is 0 Å². The number of aryl methyl sites for hydroxylation is 2. The number of hydrogen-bond donors (Lipinski definition) is 1. The molecule has 0 unspecified atom stereocenters. The summed E-state index contributed by atoms with van der Waals surface area (Å²) in [6.07, 6.45) is 0. The molecule has 2 aromatic carbocycles. The lowest BCUT2D eigenvalue weighted by molar-refractivity contribution is 0.102. The molecular formula is C17H14BrNO2. The quantitative estimate of drug-likeness (QED) is 0.706. The van der Waals surface area contributed by atoms with Gasteiger partial charge in [0.25, 0.3) is 5.91 Å². The van der Waals surface area contributed by atoms with Crippen molar-refractivity contribution in [1.29, 1.82) is 0 Å². The van der Waals surface area contributed by atoms with E-state index in [1.807, 2.05) is 43.3 Å². The van der Waals surface area contributed by atoms with Crippen molar-refractivity contribution in [3.05, 3.63) is 64.0 Å². The Balaban J connectivity index is 1.89. The number of halogens is 1. The fourth-order valence-corrected chi connectivity index (χ4v) is 2.73. The summed E-state index contributed by atoms with van der Waals surface area (Å²) in [4.78, 5) is 12.3. The molecule has 0 saturated carbocycles. The highest BCUT2D eigenvalue weighted by Crippen LogP contribution is 2.24. The van der Waals surface area contributed by atoms with Crippen LogP contribution >= 0.6 is 15.9 Å². The van der Waals surface area contributed by atoms with Crippen molar-refractivity contribution >= 4 is 38.3 Å². The third-order valence-corrected chi connectivity index (χ3v) is 3.84. The molecule has 0 spiro atoms. The number of benzene rings is 2. The van der Waals surface area contributed by atoms with Gasteiger partial charge >= 0.3 is 0 Å². The summed E-state index contributed by atoms with van der Waals surface area (Å²) in [6.45, 7) is 3.62. The zero-order chi connectivity index (χ0) is 15.0. The zero-order valence-electron chi connectivity index (χ0n) is 11.7. The molecule has 4 heteroatoms. The predicted molar refractivity (Wildman–Crippen MR) is 87.8 cm³/mol. The summed E-state index contributed by atoms with van der Waals surface area (Å²) in [5, 5.41) is 5.11. The Morgan fingerprint density at radius 3 is 2.48 bits per heavy atom. The third-order valence-electron chi connectivity index (χ3n) is 3.35. The molecular weight excluding hydrogens is 330 g/mol. The zero-order valence-corrected chi connectivity index (χ0v) is 13.3. The number of nitrogens with one attached hydrogen (secondary N) is 1. The van der Waals surface area contributed by atoms with Gasteiger partial charge in [-0.05, 0) is 55.0 Å². The molecule has 106 valence electrons. The Morgan fingerprint density at radius 1 is 1.05 bits per heavy atom. The number of carbonyl (C=O) groups is 1. The molecule has 0 saturated heterocycles. The number of rotatable bonds is 2. The summed E-state index contributed by atoms with van der Waals surface area (Å²) >= 11 is 3.45. The second-order valence-corrected chi connectivity index (χ2v) is 5.90. The minimum absolute atomic E-state index is 0.152. The molecule has 0 fully saturated rings. The first-order valence-corrected chi connectivity index (χ1v) is 7.40. The maximum absolute atomic E-state index is 12.3. The van der Waals surface area contributed by atoms with Gasteiger partial charge < -0.3 is 9.73 Å². The van der Waals surface area contributed by atoms with Crippen LogP contribution in [0.3, 0.4) is 0 Å². The van der Waals surface area contributed by atoms with Crippen molar-refractivity contribution in [3.8, 4) is 0 Å². The molecule has 21 heavy (non-hydrogen) atoms. The minimum atomic E-state index is -0.152. The molecule has 0 bridgehead atoms. The van der Waals surface area contributed by atoms with Crippen LogP contribution in [0, 0.1) is 13.8 Å². The highest BCUT2D eigenvalue weighted by atomic mass is 79.9. The van der Waals surface area contributed by atoms with E-state index in [4.69, 9.17) is 4.42 Å². The van der Waals surface area contributed by atoms with Crippen molar-refractivity contribution in [2.24, 2.45) is 0 Å². The van der Waals surface area contributed by atoms with E-state index in [-0.39, 0.29) is 5.91 Å². The molecule has 3 nitrogen and oxygen atoms in total. The summed E-state index contributed by atoms with van der Waals surface area (Å²) < 4.78 is 6.43. The monoisotopic (exact) mass is 343 g/mol. The topological polar surface area (TPSA) is 42.2 Å². The van der Waals surface area contributed by atoms with Crippen LogP contribution in [0.5, 0.6) is 0 Å². The number of carbonyl (C=O) groups excluding carboxylic acids is 1. The lowest BCUT2D eigenvalue weighted by Crippen LogP contribution is -2.11. The first-order chi connectivity index (χ1) is 10.0. The number of furan rings is 1. The van der Waals surface area contributed by atoms with E-state index in [0.29, 0.717) is 11.3 Å². The number of amides is 1. The van der Waals surface area contributed by atoms with E-state index in [2.05, 4.69) is 21.2 Å². The summed E-state index contributed by atoms with van der Waals surface area (Å²) in [6, 6.07) is 13.6. The van der Waals surface area contributed by atoms with Gasteiger partial charge in [0, 0.05) is 10.2 Å². The summed E-state index contributed by atoms with van der Waals surface area (Å²) in [5.74, 6) is 1.22. The summed E-state index contributed by atoms with van der Waals surface area (Å²) in [7, 11) is 0. The fraction of sp³-hybridized carbons (Fsp3) is 0.118. The molecule has 0 aliphatic rings. The Bertz CT molecular complexity index is 836. The summed E-state index contributed by atoms with van der Waals surface area (Å²) in [5.41, 5.74) is 1.34. The molecule has 1 heterocycles. The molecule has 1 aromatic heterocycles. The van der Waals surface area contributed by atoms with Gasteiger partial charge in [-0.1, -0.05) is 28.1 Å². The van der Waals surface area contributed by atoms with Crippen LogP contribution in [0.4, 0.5) is 5.69 Å². The van der Waals surface area contributed by atoms with Crippen molar-refractivity contribution in [1.82, 2.24) is 0 Å². The largest absolute Gasteiger partial charge is 0.466 e. The van der Waals surface area contributed by atoms with E-state index < -0.39 is 0 Å². The second kappa shape index (κ2) is 5.37. The van der Waals surface area contributed by atoms with Crippen LogP contribution in [0.25, 0.3) is 10.8 Å². The highest BCUT2D eigenvalue weighted by molar-refractivity contribution is 9.10. The minimum Gasteiger partial charge on any atom is -0.466 e. The van der Waals surface area contributed by atoms with Gasteiger partial charge in [-0.25, -0.2) is 0 Å². The normalized spacial score (nSPS) is 10.8. The third kappa shape index (κ3) is 2.85. The van der Waals surface area contributed by atoms with Gasteiger partial charge in [0.2, 0.25) is 0 Å².